The van der Waals surface area contributed by atoms with Gasteiger partial charge >= 0.3 is 6.18 Å². The monoisotopic (exact) mass is 399 g/mol. The number of aromatic hydroxyl groups is 1. The van der Waals surface area contributed by atoms with Gasteiger partial charge in [0.2, 0.25) is 5.75 Å². The molecule has 2 aromatic rings. The molecule has 10 heteroatoms. The Morgan fingerprint density at radius 1 is 1.15 bits per heavy atom. The van der Waals surface area contributed by atoms with Crippen molar-refractivity contribution in [3.05, 3.63) is 47.5 Å². The van der Waals surface area contributed by atoms with Crippen LogP contribution in [0.4, 0.5) is 18.9 Å². The van der Waals surface area contributed by atoms with Crippen LogP contribution >= 0.6 is 12.2 Å². The summed E-state index contributed by atoms with van der Waals surface area (Å²) in [6, 6.07) is 7.95. The zero-order valence-corrected chi connectivity index (χ0v) is 15.1. The molecule has 0 bridgehead atoms. The van der Waals surface area contributed by atoms with Crippen molar-refractivity contribution in [3.8, 4) is 17.2 Å². The van der Waals surface area contributed by atoms with Gasteiger partial charge in [-0.1, -0.05) is 12.1 Å². The molecule has 0 aliphatic carbocycles. The average molecular weight is 399 g/mol. The van der Waals surface area contributed by atoms with E-state index >= 15 is 0 Å². The highest BCUT2D eigenvalue weighted by Crippen LogP contribution is 2.36. The van der Waals surface area contributed by atoms with Crippen LogP contribution in [0.3, 0.4) is 0 Å². The van der Waals surface area contributed by atoms with E-state index in [4.69, 9.17) is 21.7 Å². The molecule has 144 valence electrons. The highest BCUT2D eigenvalue weighted by molar-refractivity contribution is 7.80. The Morgan fingerprint density at radius 2 is 1.74 bits per heavy atom. The number of hydrogen-bond acceptors (Lipinski definition) is 5. The molecule has 0 atom stereocenters. The number of phenolic OH excluding ortho intramolecular Hbond substituents is 1. The number of halogens is 3. The summed E-state index contributed by atoms with van der Waals surface area (Å²) in [7, 11) is 2.76. The van der Waals surface area contributed by atoms with Crippen molar-refractivity contribution in [2.75, 3.05) is 19.5 Å². The lowest BCUT2D eigenvalue weighted by Gasteiger charge is -2.14. The van der Waals surface area contributed by atoms with Crippen LogP contribution in [0.5, 0.6) is 17.2 Å². The van der Waals surface area contributed by atoms with E-state index in [0.29, 0.717) is 5.56 Å². The number of hydrazone groups is 1. The molecule has 0 saturated heterocycles. The molecule has 0 unspecified atom stereocenters. The number of nitrogens with zero attached hydrogens (tertiary/aromatic N) is 1. The topological polar surface area (TPSA) is 75.1 Å². The van der Waals surface area contributed by atoms with E-state index in [0.717, 1.165) is 6.07 Å². The maximum Gasteiger partial charge on any atom is 0.418 e. The largest absolute Gasteiger partial charge is 0.502 e. The number of thiocarbonyl (C=S) groups is 1. The molecule has 0 heterocycles. The summed E-state index contributed by atoms with van der Waals surface area (Å²) in [4.78, 5) is 0. The van der Waals surface area contributed by atoms with E-state index in [-0.39, 0.29) is 28.0 Å². The first-order valence-corrected chi connectivity index (χ1v) is 7.88. The zero-order chi connectivity index (χ0) is 20.0. The van der Waals surface area contributed by atoms with Gasteiger partial charge in [-0.25, -0.2) is 0 Å². The van der Waals surface area contributed by atoms with E-state index < -0.39 is 11.7 Å². The van der Waals surface area contributed by atoms with E-state index in [2.05, 4.69) is 15.8 Å². The molecule has 27 heavy (non-hydrogen) atoms. The molecule has 0 radical (unpaired) electrons. The maximum absolute atomic E-state index is 13.0. The second kappa shape index (κ2) is 8.58. The highest BCUT2D eigenvalue weighted by Gasteiger charge is 2.33. The van der Waals surface area contributed by atoms with Gasteiger partial charge in [0, 0.05) is 5.56 Å². The third kappa shape index (κ3) is 5.23. The van der Waals surface area contributed by atoms with Crippen molar-refractivity contribution in [1.82, 2.24) is 5.43 Å². The fourth-order valence-electron chi connectivity index (χ4n) is 2.14. The second-order valence-electron chi connectivity index (χ2n) is 5.14. The first-order chi connectivity index (χ1) is 12.8. The SMILES string of the molecule is COc1cc(/C=N/NC(=S)Nc2ccccc2C(F)(F)F)cc(OC)c1O. The Hall–Kier alpha value is -3.01. The van der Waals surface area contributed by atoms with Crippen LogP contribution < -0.4 is 20.2 Å². The maximum atomic E-state index is 13.0. The summed E-state index contributed by atoms with van der Waals surface area (Å²) in [5, 5.41) is 16.0. The lowest BCUT2D eigenvalue weighted by molar-refractivity contribution is -0.136. The van der Waals surface area contributed by atoms with Gasteiger partial charge in [-0.05, 0) is 36.5 Å². The van der Waals surface area contributed by atoms with Gasteiger partial charge in [-0.3, -0.25) is 5.43 Å². The highest BCUT2D eigenvalue weighted by atomic mass is 32.1. The number of benzene rings is 2. The molecule has 0 aliphatic heterocycles. The van der Waals surface area contributed by atoms with Gasteiger partial charge < -0.3 is 19.9 Å². The van der Waals surface area contributed by atoms with Gasteiger partial charge in [0.25, 0.3) is 0 Å². The molecule has 0 fully saturated rings. The Bertz CT molecular complexity index is 832. The molecule has 6 nitrogen and oxygen atoms in total. The molecule has 0 aliphatic rings. The fourth-order valence-corrected chi connectivity index (χ4v) is 2.31. The number of hydrogen-bond donors (Lipinski definition) is 3. The number of anilines is 1. The van der Waals surface area contributed by atoms with E-state index in [1.807, 2.05) is 0 Å². The predicted octanol–water partition coefficient (Wildman–Crippen LogP) is 3.75. The van der Waals surface area contributed by atoms with Crippen LogP contribution in [-0.2, 0) is 6.18 Å². The van der Waals surface area contributed by atoms with Crippen LogP contribution in [-0.4, -0.2) is 30.7 Å². The average Bonchev–Trinajstić information content (AvgIpc) is 2.62. The first kappa shape index (κ1) is 20.3. The molecular formula is C17H16F3N3O3S. The Morgan fingerprint density at radius 3 is 2.30 bits per heavy atom. The normalized spacial score (nSPS) is 11.3. The number of methoxy groups -OCH3 is 2. The van der Waals surface area contributed by atoms with Crippen LogP contribution in [0.2, 0.25) is 0 Å². The Balaban J connectivity index is 2.09. The summed E-state index contributed by atoms with van der Waals surface area (Å²) < 4.78 is 49.0. The Kier molecular flexibility index (Phi) is 6.45. The van der Waals surface area contributed by atoms with Crippen molar-refractivity contribution in [2.45, 2.75) is 6.18 Å². The smallest absolute Gasteiger partial charge is 0.418 e. The van der Waals surface area contributed by atoms with Crippen molar-refractivity contribution >= 4 is 29.2 Å². The first-order valence-electron chi connectivity index (χ1n) is 7.47. The summed E-state index contributed by atoms with van der Waals surface area (Å²) >= 11 is 4.96. The molecular weight excluding hydrogens is 383 g/mol. The molecule has 0 saturated carbocycles. The standard InChI is InChI=1S/C17H16F3N3O3S/c1-25-13-7-10(8-14(26-2)15(13)24)9-21-23-16(27)22-12-6-4-3-5-11(12)17(18,19)20/h3-9,24H,1-2H3,(H2,22,23,27)/b21-9+. The minimum Gasteiger partial charge on any atom is -0.502 e. The number of para-hydroxylation sites is 1. The van der Waals surface area contributed by atoms with Crippen molar-refractivity contribution in [3.63, 3.8) is 0 Å². The summed E-state index contributed by atoms with van der Waals surface area (Å²) in [6.45, 7) is 0. The van der Waals surface area contributed by atoms with Crippen molar-refractivity contribution in [2.24, 2.45) is 5.10 Å². The number of alkyl halides is 3. The summed E-state index contributed by atoms with van der Waals surface area (Å²) in [5.74, 6) is 0.192. The van der Waals surface area contributed by atoms with Gasteiger partial charge in [-0.2, -0.15) is 18.3 Å². The Labute approximate surface area is 158 Å². The molecule has 0 spiro atoms. The molecule has 0 amide bonds. The zero-order valence-electron chi connectivity index (χ0n) is 14.3. The van der Waals surface area contributed by atoms with Crippen molar-refractivity contribution < 1.29 is 27.8 Å². The predicted molar refractivity (Wildman–Crippen MR) is 99.6 cm³/mol. The van der Waals surface area contributed by atoms with E-state index in [9.17, 15) is 18.3 Å². The quantitative estimate of drug-likeness (QED) is 0.404. The van der Waals surface area contributed by atoms with Gasteiger partial charge in [0.15, 0.2) is 16.6 Å². The van der Waals surface area contributed by atoms with Gasteiger partial charge in [-0.15, -0.1) is 0 Å². The third-order valence-electron chi connectivity index (χ3n) is 3.36. The minimum atomic E-state index is -4.51. The third-order valence-corrected chi connectivity index (χ3v) is 3.56. The lowest BCUT2D eigenvalue weighted by atomic mass is 10.2. The number of nitrogens with one attached hydrogen (secondary N) is 2. The van der Waals surface area contributed by atoms with Gasteiger partial charge in [0.1, 0.15) is 0 Å². The van der Waals surface area contributed by atoms with Crippen LogP contribution in [0.25, 0.3) is 0 Å². The fraction of sp³-hybridized carbons (Fsp3) is 0.176. The van der Waals surface area contributed by atoms with Crippen LogP contribution in [0, 0.1) is 0 Å². The minimum absolute atomic E-state index is 0.124. The number of rotatable bonds is 5. The van der Waals surface area contributed by atoms with Gasteiger partial charge in [0.05, 0.1) is 31.7 Å². The summed E-state index contributed by atoms with van der Waals surface area (Å²) in [6.07, 6.45) is -3.17. The van der Waals surface area contributed by atoms with Crippen molar-refractivity contribution in [1.29, 1.82) is 0 Å². The van der Waals surface area contributed by atoms with E-state index in [1.54, 1.807) is 0 Å². The lowest BCUT2D eigenvalue weighted by Crippen LogP contribution is -2.25. The molecule has 3 N–H and O–H groups in total. The number of ether oxygens (including phenoxy) is 2. The second-order valence-corrected chi connectivity index (χ2v) is 5.55. The number of phenols is 1. The van der Waals surface area contributed by atoms with Crippen LogP contribution in [0.15, 0.2) is 41.5 Å². The van der Waals surface area contributed by atoms with E-state index in [1.165, 1.54) is 50.8 Å². The summed E-state index contributed by atoms with van der Waals surface area (Å²) in [5.41, 5.74) is 1.90. The molecule has 0 aromatic heterocycles. The molecule has 2 rings (SSSR count). The van der Waals surface area contributed by atoms with Crippen LogP contribution in [0.1, 0.15) is 11.1 Å². The molecule has 2 aromatic carbocycles.